The van der Waals surface area contributed by atoms with Gasteiger partial charge in [-0.15, -0.1) is 0 Å². The zero-order valence-electron chi connectivity index (χ0n) is 18.9. The van der Waals surface area contributed by atoms with Gasteiger partial charge in [0.25, 0.3) is 5.91 Å². The number of nitrogens with two attached hydrogens (primary N) is 2. The number of benzene rings is 3. The van der Waals surface area contributed by atoms with E-state index < -0.39 is 11.7 Å². The lowest BCUT2D eigenvalue weighted by atomic mass is 9.77. The molecule has 0 unspecified atom stereocenters. The van der Waals surface area contributed by atoms with Crippen LogP contribution in [0.3, 0.4) is 0 Å². The summed E-state index contributed by atoms with van der Waals surface area (Å²) in [5.74, 6) is 0.251. The highest BCUT2D eigenvalue weighted by Crippen LogP contribution is 2.39. The number of hydrogen-bond donors (Lipinski definition) is 3. The summed E-state index contributed by atoms with van der Waals surface area (Å²) in [6.07, 6.45) is 2.13. The fourth-order valence-corrected chi connectivity index (χ4v) is 4.17. The summed E-state index contributed by atoms with van der Waals surface area (Å²) in [5.41, 5.74) is 14.7. The number of ether oxygens (including phenoxy) is 1. The first-order chi connectivity index (χ1) is 17.0. The standard InChI is InChI=1S/C28H25FN4O2/c29-24-11-6-18(26-13-12-25(30)27(31)33-26)16-23(24)28(34)32-20-7-9-21(10-8-20)35-22-14-19(15-22)17-4-2-1-3-5-17/h1-13,16,19,22H,14-15,30H2,(H2,31,33)(H,32,34). The molecule has 1 aliphatic rings. The van der Waals surface area contributed by atoms with Crippen LogP contribution in [0, 0.1) is 5.82 Å². The lowest BCUT2D eigenvalue weighted by Crippen LogP contribution is -2.32. The number of hydrogen-bond acceptors (Lipinski definition) is 5. The van der Waals surface area contributed by atoms with Gasteiger partial charge in [0.2, 0.25) is 0 Å². The van der Waals surface area contributed by atoms with Crippen molar-refractivity contribution in [3.63, 3.8) is 0 Å². The fraction of sp³-hybridized carbons (Fsp3) is 0.143. The minimum Gasteiger partial charge on any atom is -0.490 e. The molecule has 1 amide bonds. The van der Waals surface area contributed by atoms with Crippen LogP contribution in [-0.4, -0.2) is 17.0 Å². The number of carbonyl (C=O) groups is 1. The molecule has 6 nitrogen and oxygen atoms in total. The largest absolute Gasteiger partial charge is 0.490 e. The summed E-state index contributed by atoms with van der Waals surface area (Å²) >= 11 is 0. The number of anilines is 3. The maximum Gasteiger partial charge on any atom is 0.258 e. The number of amides is 1. The van der Waals surface area contributed by atoms with Gasteiger partial charge in [-0.05, 0) is 78.9 Å². The van der Waals surface area contributed by atoms with Crippen LogP contribution in [-0.2, 0) is 0 Å². The Balaban J connectivity index is 1.21. The van der Waals surface area contributed by atoms with E-state index in [2.05, 4.69) is 34.6 Å². The third kappa shape index (κ3) is 4.94. The van der Waals surface area contributed by atoms with Gasteiger partial charge in [-0.25, -0.2) is 9.37 Å². The van der Waals surface area contributed by atoms with E-state index in [1.54, 1.807) is 42.5 Å². The summed E-state index contributed by atoms with van der Waals surface area (Å²) in [6, 6.07) is 25.0. The Morgan fingerprint density at radius 3 is 2.40 bits per heavy atom. The Labute approximate surface area is 202 Å². The van der Waals surface area contributed by atoms with Crippen LogP contribution in [0.15, 0.2) is 84.9 Å². The van der Waals surface area contributed by atoms with Crippen LogP contribution in [0.2, 0.25) is 0 Å². The predicted octanol–water partition coefficient (Wildman–Crippen LogP) is 5.63. The lowest BCUT2D eigenvalue weighted by Gasteiger charge is -2.35. The summed E-state index contributed by atoms with van der Waals surface area (Å²) in [6.45, 7) is 0. The molecule has 7 heteroatoms. The van der Waals surface area contributed by atoms with Crippen molar-refractivity contribution in [2.75, 3.05) is 16.8 Å². The second-order valence-corrected chi connectivity index (χ2v) is 8.66. The fourth-order valence-electron chi connectivity index (χ4n) is 4.17. The van der Waals surface area contributed by atoms with Crippen molar-refractivity contribution in [2.45, 2.75) is 24.9 Å². The molecule has 1 fully saturated rings. The summed E-state index contributed by atoms with van der Waals surface area (Å²) in [7, 11) is 0. The number of aromatic nitrogens is 1. The van der Waals surface area contributed by atoms with E-state index in [0.717, 1.165) is 18.6 Å². The Hall–Kier alpha value is -4.39. The zero-order chi connectivity index (χ0) is 24.4. The van der Waals surface area contributed by atoms with Gasteiger partial charge in [0, 0.05) is 11.3 Å². The number of pyridine rings is 1. The van der Waals surface area contributed by atoms with Gasteiger partial charge in [-0.3, -0.25) is 4.79 Å². The van der Waals surface area contributed by atoms with E-state index in [1.807, 2.05) is 6.07 Å². The molecule has 0 saturated heterocycles. The molecule has 1 aromatic heterocycles. The molecule has 1 aliphatic carbocycles. The first kappa shape index (κ1) is 22.4. The molecule has 0 bridgehead atoms. The molecule has 5 rings (SSSR count). The Morgan fingerprint density at radius 2 is 1.69 bits per heavy atom. The zero-order valence-corrected chi connectivity index (χ0v) is 18.9. The van der Waals surface area contributed by atoms with E-state index in [1.165, 1.54) is 17.7 Å². The molecule has 1 heterocycles. The normalized spacial score (nSPS) is 16.8. The Kier molecular flexibility index (Phi) is 6.06. The number of nitrogen functional groups attached to an aromatic ring is 2. The molecule has 5 N–H and O–H groups in total. The van der Waals surface area contributed by atoms with Crippen LogP contribution in [0.5, 0.6) is 5.75 Å². The van der Waals surface area contributed by atoms with Gasteiger partial charge in [0.05, 0.1) is 23.0 Å². The van der Waals surface area contributed by atoms with Gasteiger partial charge < -0.3 is 21.5 Å². The smallest absolute Gasteiger partial charge is 0.258 e. The quantitative estimate of drug-likeness (QED) is 0.340. The SMILES string of the molecule is Nc1ccc(-c2ccc(F)c(C(=O)Nc3ccc(OC4CC(c5ccccc5)C4)cc3)c2)nc1N. The van der Waals surface area contributed by atoms with E-state index in [4.69, 9.17) is 16.2 Å². The minimum atomic E-state index is -0.632. The highest BCUT2D eigenvalue weighted by atomic mass is 19.1. The van der Waals surface area contributed by atoms with Gasteiger partial charge in [-0.2, -0.15) is 0 Å². The predicted molar refractivity (Wildman–Crippen MR) is 136 cm³/mol. The maximum absolute atomic E-state index is 14.4. The number of rotatable bonds is 6. The summed E-state index contributed by atoms with van der Waals surface area (Å²) in [5, 5.41) is 2.74. The van der Waals surface area contributed by atoms with Gasteiger partial charge in [-0.1, -0.05) is 30.3 Å². The highest BCUT2D eigenvalue weighted by Gasteiger charge is 2.31. The second-order valence-electron chi connectivity index (χ2n) is 8.66. The van der Waals surface area contributed by atoms with Gasteiger partial charge in [0.15, 0.2) is 0 Å². The third-order valence-corrected chi connectivity index (χ3v) is 6.24. The van der Waals surface area contributed by atoms with E-state index in [0.29, 0.717) is 28.6 Å². The van der Waals surface area contributed by atoms with Crippen LogP contribution >= 0.6 is 0 Å². The molecular weight excluding hydrogens is 443 g/mol. The molecule has 4 aromatic rings. The summed E-state index contributed by atoms with van der Waals surface area (Å²) in [4.78, 5) is 17.0. The topological polar surface area (TPSA) is 103 Å². The molecule has 1 saturated carbocycles. The molecule has 0 atom stereocenters. The van der Waals surface area contributed by atoms with Crippen molar-refractivity contribution in [2.24, 2.45) is 0 Å². The molecule has 3 aromatic carbocycles. The molecule has 35 heavy (non-hydrogen) atoms. The van der Waals surface area contributed by atoms with Crippen LogP contribution in [0.25, 0.3) is 11.3 Å². The Morgan fingerprint density at radius 1 is 0.943 bits per heavy atom. The average Bonchev–Trinajstić information content (AvgIpc) is 2.84. The lowest BCUT2D eigenvalue weighted by molar-refractivity contribution is 0.0984. The minimum absolute atomic E-state index is 0.0959. The third-order valence-electron chi connectivity index (χ3n) is 6.24. The van der Waals surface area contributed by atoms with Gasteiger partial charge >= 0.3 is 0 Å². The molecule has 0 aliphatic heterocycles. The monoisotopic (exact) mass is 468 g/mol. The van der Waals surface area contributed by atoms with Crippen molar-refractivity contribution in [1.82, 2.24) is 4.98 Å². The first-order valence-electron chi connectivity index (χ1n) is 11.4. The number of carbonyl (C=O) groups excluding carboxylic acids is 1. The number of nitrogens with zero attached hydrogens (tertiary/aromatic N) is 1. The van der Waals surface area contributed by atoms with Crippen LogP contribution in [0.1, 0.15) is 34.7 Å². The molecule has 176 valence electrons. The number of nitrogens with one attached hydrogen (secondary N) is 1. The summed E-state index contributed by atoms with van der Waals surface area (Å²) < 4.78 is 20.5. The first-order valence-corrected chi connectivity index (χ1v) is 11.4. The van der Waals surface area contributed by atoms with E-state index in [9.17, 15) is 9.18 Å². The average molecular weight is 469 g/mol. The van der Waals surface area contributed by atoms with Crippen molar-refractivity contribution in [1.29, 1.82) is 0 Å². The highest BCUT2D eigenvalue weighted by molar-refractivity contribution is 6.05. The van der Waals surface area contributed by atoms with Crippen LogP contribution in [0.4, 0.5) is 21.6 Å². The van der Waals surface area contributed by atoms with E-state index in [-0.39, 0.29) is 17.5 Å². The van der Waals surface area contributed by atoms with Gasteiger partial charge in [0.1, 0.15) is 17.4 Å². The van der Waals surface area contributed by atoms with E-state index >= 15 is 0 Å². The maximum atomic E-state index is 14.4. The molecule has 0 radical (unpaired) electrons. The Bertz CT molecular complexity index is 1350. The van der Waals surface area contributed by atoms with Crippen molar-refractivity contribution in [3.8, 4) is 17.0 Å². The van der Waals surface area contributed by atoms with Crippen LogP contribution < -0.4 is 21.5 Å². The number of halogens is 1. The molecular formula is C28H25FN4O2. The second kappa shape index (κ2) is 9.46. The van der Waals surface area contributed by atoms with Crippen molar-refractivity contribution >= 4 is 23.1 Å². The van der Waals surface area contributed by atoms with Crippen molar-refractivity contribution in [3.05, 3.63) is 102 Å². The van der Waals surface area contributed by atoms with Crippen molar-refractivity contribution < 1.29 is 13.9 Å². The molecule has 0 spiro atoms.